The molecule has 6 heteroatoms. The highest BCUT2D eigenvalue weighted by molar-refractivity contribution is 5.71. The molecule has 0 bridgehead atoms. The van der Waals surface area contributed by atoms with Crippen molar-refractivity contribution < 1.29 is 28.6 Å². The van der Waals surface area contributed by atoms with Gasteiger partial charge in [-0.2, -0.15) is 0 Å². The van der Waals surface area contributed by atoms with Gasteiger partial charge < -0.3 is 14.2 Å². The van der Waals surface area contributed by atoms with Gasteiger partial charge in [-0.15, -0.1) is 0 Å². The molecule has 0 aliphatic carbocycles. The van der Waals surface area contributed by atoms with E-state index in [2.05, 4.69) is 93.7 Å². The van der Waals surface area contributed by atoms with Gasteiger partial charge in [-0.3, -0.25) is 14.4 Å². The van der Waals surface area contributed by atoms with Gasteiger partial charge in [0.2, 0.25) is 0 Å². The van der Waals surface area contributed by atoms with Crippen LogP contribution in [-0.2, 0) is 28.6 Å². The number of ether oxygens (including phenoxy) is 3. The van der Waals surface area contributed by atoms with Crippen molar-refractivity contribution in [1.29, 1.82) is 0 Å². The van der Waals surface area contributed by atoms with Crippen molar-refractivity contribution in [2.45, 2.75) is 252 Å². The van der Waals surface area contributed by atoms with Gasteiger partial charge in [-0.25, -0.2) is 0 Å². The van der Waals surface area contributed by atoms with E-state index in [0.29, 0.717) is 19.3 Å². The second-order valence-electron chi connectivity index (χ2n) is 17.0. The minimum atomic E-state index is -0.790. The standard InChI is InChI=1S/C56H96O6/c1-4-7-10-13-16-19-22-25-26-27-28-29-30-32-34-37-40-43-46-49-55(58)61-52-53(51-60-54(57)48-45-42-39-36-33-24-21-18-15-12-9-6-3)62-56(59)50-47-44-41-38-35-31-23-20-17-14-11-8-5-2/h7,9-10,12,16,18-19,21,25-26,33,36,53H,4-6,8,11,13-15,17,20,22-24,27-32,34-35,37-52H2,1-3H3/b10-7-,12-9-,19-16-,21-18-,26-25-,36-33-. The molecule has 62 heavy (non-hydrogen) atoms. The lowest BCUT2D eigenvalue weighted by Crippen LogP contribution is -2.30. The Labute approximate surface area is 382 Å². The van der Waals surface area contributed by atoms with E-state index in [-0.39, 0.29) is 31.1 Å². The maximum atomic E-state index is 12.8. The summed E-state index contributed by atoms with van der Waals surface area (Å²) in [7, 11) is 0. The third kappa shape index (κ3) is 47.9. The van der Waals surface area contributed by atoms with Crippen LogP contribution in [0.4, 0.5) is 0 Å². The van der Waals surface area contributed by atoms with Crippen molar-refractivity contribution in [2.24, 2.45) is 0 Å². The highest BCUT2D eigenvalue weighted by Crippen LogP contribution is 2.15. The van der Waals surface area contributed by atoms with Gasteiger partial charge in [0.1, 0.15) is 13.2 Å². The minimum Gasteiger partial charge on any atom is -0.462 e. The van der Waals surface area contributed by atoms with Crippen LogP contribution >= 0.6 is 0 Å². The van der Waals surface area contributed by atoms with E-state index in [1.165, 1.54) is 109 Å². The third-order valence-corrected chi connectivity index (χ3v) is 11.0. The van der Waals surface area contributed by atoms with Crippen LogP contribution < -0.4 is 0 Å². The Bertz CT molecular complexity index is 1180. The zero-order valence-corrected chi connectivity index (χ0v) is 40.6. The third-order valence-electron chi connectivity index (χ3n) is 11.0. The minimum absolute atomic E-state index is 0.0889. The Balaban J connectivity index is 4.37. The van der Waals surface area contributed by atoms with Crippen molar-refractivity contribution in [3.63, 3.8) is 0 Å². The summed E-state index contributed by atoms with van der Waals surface area (Å²) < 4.78 is 16.8. The molecule has 0 fully saturated rings. The highest BCUT2D eigenvalue weighted by Gasteiger charge is 2.19. The van der Waals surface area contributed by atoms with Gasteiger partial charge in [-0.1, -0.05) is 216 Å². The van der Waals surface area contributed by atoms with Gasteiger partial charge in [0.15, 0.2) is 6.10 Å². The Hall–Kier alpha value is -3.15. The number of carbonyl (C=O) groups is 3. The zero-order chi connectivity index (χ0) is 45.1. The molecule has 0 radical (unpaired) electrons. The average Bonchev–Trinajstić information content (AvgIpc) is 3.27. The van der Waals surface area contributed by atoms with E-state index < -0.39 is 6.10 Å². The molecule has 0 saturated carbocycles. The van der Waals surface area contributed by atoms with Crippen molar-refractivity contribution in [3.8, 4) is 0 Å². The molecule has 0 aromatic rings. The molecule has 0 spiro atoms. The summed E-state index contributed by atoms with van der Waals surface area (Å²) in [5.74, 6) is -0.931. The summed E-state index contributed by atoms with van der Waals surface area (Å²) in [4.78, 5) is 37.9. The van der Waals surface area contributed by atoms with Gasteiger partial charge in [0, 0.05) is 19.3 Å². The number of esters is 3. The van der Waals surface area contributed by atoms with E-state index in [4.69, 9.17) is 14.2 Å². The normalized spacial score (nSPS) is 12.6. The molecular weight excluding hydrogens is 769 g/mol. The topological polar surface area (TPSA) is 78.9 Å². The fourth-order valence-electron chi connectivity index (χ4n) is 7.12. The second kappa shape index (κ2) is 50.5. The molecule has 0 N–H and O–H groups in total. The van der Waals surface area contributed by atoms with E-state index in [1.807, 2.05) is 0 Å². The highest BCUT2D eigenvalue weighted by atomic mass is 16.6. The summed E-state index contributed by atoms with van der Waals surface area (Å²) >= 11 is 0. The van der Waals surface area contributed by atoms with Crippen molar-refractivity contribution in [3.05, 3.63) is 72.9 Å². The molecule has 0 rings (SSSR count). The monoisotopic (exact) mass is 865 g/mol. The molecule has 1 unspecified atom stereocenters. The van der Waals surface area contributed by atoms with Crippen molar-refractivity contribution >= 4 is 17.9 Å². The van der Waals surface area contributed by atoms with E-state index in [1.54, 1.807) is 0 Å². The van der Waals surface area contributed by atoms with Crippen LogP contribution in [0.2, 0.25) is 0 Å². The Kier molecular flexibility index (Phi) is 47.9. The summed E-state index contributed by atoms with van der Waals surface area (Å²) in [6.07, 6.45) is 63.2. The van der Waals surface area contributed by atoms with Crippen LogP contribution in [0.3, 0.4) is 0 Å². The fraction of sp³-hybridized carbons (Fsp3) is 0.732. The van der Waals surface area contributed by atoms with Crippen LogP contribution in [0, 0.1) is 0 Å². The molecule has 0 aliphatic rings. The summed E-state index contributed by atoms with van der Waals surface area (Å²) in [6.45, 7) is 6.38. The van der Waals surface area contributed by atoms with Gasteiger partial charge in [0.25, 0.3) is 0 Å². The first kappa shape index (κ1) is 58.9. The quantitative estimate of drug-likeness (QED) is 0.0262. The van der Waals surface area contributed by atoms with Crippen molar-refractivity contribution in [2.75, 3.05) is 13.2 Å². The molecule has 0 aromatic heterocycles. The maximum absolute atomic E-state index is 12.8. The number of unbranched alkanes of at least 4 members (excludes halogenated alkanes) is 23. The van der Waals surface area contributed by atoms with Gasteiger partial charge >= 0.3 is 17.9 Å². The number of hydrogen-bond donors (Lipinski definition) is 0. The maximum Gasteiger partial charge on any atom is 0.306 e. The summed E-state index contributed by atoms with van der Waals surface area (Å²) in [5.41, 5.74) is 0. The van der Waals surface area contributed by atoms with Crippen LogP contribution in [-0.4, -0.2) is 37.2 Å². The second-order valence-corrected chi connectivity index (χ2v) is 17.0. The molecule has 6 nitrogen and oxygen atoms in total. The smallest absolute Gasteiger partial charge is 0.306 e. The fourth-order valence-corrected chi connectivity index (χ4v) is 7.12. The molecule has 0 aliphatic heterocycles. The molecule has 0 heterocycles. The molecule has 0 saturated heterocycles. The number of hydrogen-bond acceptors (Lipinski definition) is 6. The SMILES string of the molecule is CC/C=C\C/C=C\C/C=C\CCCCCCCCCCCC(=O)OCC(COC(=O)CCCC/C=C\C/C=C\C/C=C\CC)OC(=O)CCCCCCCCCCCCCCC. The molecule has 0 aromatic carbocycles. The Morgan fingerprint density at radius 3 is 1.02 bits per heavy atom. The van der Waals surface area contributed by atoms with Gasteiger partial charge in [-0.05, 0) is 83.5 Å². The van der Waals surface area contributed by atoms with E-state index in [0.717, 1.165) is 96.3 Å². The lowest BCUT2D eigenvalue weighted by molar-refractivity contribution is -0.167. The number of allylic oxidation sites excluding steroid dienone is 12. The average molecular weight is 865 g/mol. The molecule has 356 valence electrons. The molecular formula is C56H96O6. The van der Waals surface area contributed by atoms with Crippen molar-refractivity contribution in [1.82, 2.24) is 0 Å². The predicted molar refractivity (Wildman–Crippen MR) is 265 cm³/mol. The molecule has 0 amide bonds. The van der Waals surface area contributed by atoms with Crippen LogP contribution in [0.15, 0.2) is 72.9 Å². The first-order valence-electron chi connectivity index (χ1n) is 25.9. The summed E-state index contributed by atoms with van der Waals surface area (Å²) in [6, 6.07) is 0. The number of carbonyl (C=O) groups excluding carboxylic acids is 3. The predicted octanol–water partition coefficient (Wildman–Crippen LogP) is 17.0. The van der Waals surface area contributed by atoms with Crippen LogP contribution in [0.25, 0.3) is 0 Å². The zero-order valence-electron chi connectivity index (χ0n) is 40.6. The lowest BCUT2D eigenvalue weighted by atomic mass is 10.0. The first-order valence-corrected chi connectivity index (χ1v) is 25.9. The summed E-state index contributed by atoms with van der Waals surface area (Å²) in [5, 5.41) is 0. The van der Waals surface area contributed by atoms with E-state index >= 15 is 0 Å². The largest absolute Gasteiger partial charge is 0.462 e. The number of rotatable bonds is 46. The lowest BCUT2D eigenvalue weighted by Gasteiger charge is -2.18. The van der Waals surface area contributed by atoms with Crippen LogP contribution in [0.5, 0.6) is 0 Å². The first-order chi connectivity index (χ1) is 30.5. The van der Waals surface area contributed by atoms with E-state index in [9.17, 15) is 14.4 Å². The van der Waals surface area contributed by atoms with Gasteiger partial charge in [0.05, 0.1) is 0 Å². The Morgan fingerprint density at radius 2 is 0.629 bits per heavy atom. The molecule has 1 atom stereocenters. The van der Waals surface area contributed by atoms with Crippen LogP contribution in [0.1, 0.15) is 245 Å². The Morgan fingerprint density at radius 1 is 0.339 bits per heavy atom.